The number of carbonyl (C=O) groups excluding carboxylic acids is 4. The van der Waals surface area contributed by atoms with E-state index in [1.54, 1.807) is 133 Å². The number of thiocarbonyl (C=S) groups is 2. The molecule has 640 valence electrons. The first-order chi connectivity index (χ1) is 55.1. The maximum absolute atomic E-state index is 11.5. The van der Waals surface area contributed by atoms with E-state index in [0.29, 0.717) is 109 Å². The van der Waals surface area contributed by atoms with Crippen LogP contribution in [0.15, 0.2) is 134 Å². The van der Waals surface area contributed by atoms with Crippen LogP contribution in [-0.4, -0.2) is 148 Å². The standard InChI is InChI=1S/C13H12Cl3N3S.2C9H8Cl2N2O3S.C9H10Cl2N2OS.C8H4O3.C7H8Cl2N2.C6H3Cl2NO3.C6H5Cl2NS.C3H6ClNS/c1-6(2)8-5-11(18-19-13(8)16)20-12-9(14)3-7(17)4-10(12)15;1-12(2)9(17)16-8-6(10)3-5(13(14)15)4-7(8)11;1-12(2)9(14)17-8-6(10)3-5(13(15)16)4-7(8)11;1-13(2)9(14)15-8-6(10)3-5(12)4-7(8)11;9-7-5-3-1-2-4-6(5)8(10)11-7;1-4(2)5-3-6(8)10-11-7(5)9;7-4-1-3(9(11)12)2-5(8)6(4)10;7-4-1-3(9)2-5(8)6(4)10;1-5(2)3(4)6/h3-6H,17H2,1-2H3;2*3-4H,1-2H3;3-4H,12H2,1-2H3;1-4H;3-4H,1-2H3;1-2,10H;1-2,10H,9H2;1-2H3. The van der Waals surface area contributed by atoms with E-state index in [-0.39, 0.29) is 80.3 Å². The molecule has 27 nitrogen and oxygen atoms in total. The third-order valence-electron chi connectivity index (χ3n) is 13.2. The molecule has 2 aromatic heterocycles. The number of non-ortho nitro benzene ring substituents is 3. The van der Waals surface area contributed by atoms with Crippen molar-refractivity contribution >= 4 is 324 Å². The fourth-order valence-electron chi connectivity index (χ4n) is 7.37. The highest BCUT2D eigenvalue weighted by Crippen LogP contribution is 2.43. The van der Waals surface area contributed by atoms with Gasteiger partial charge in [0.05, 0.1) is 101 Å². The third kappa shape index (κ3) is 37.0. The molecular weight excluding hydrogens is 2000 g/mol. The second-order valence-corrected chi connectivity index (χ2v) is 34.6. The van der Waals surface area contributed by atoms with Crippen molar-refractivity contribution in [3.8, 4) is 11.5 Å². The lowest BCUT2D eigenvalue weighted by Gasteiger charge is -2.15. The predicted octanol–water partition coefficient (Wildman–Crippen LogP) is 25.9. The maximum atomic E-state index is 11.5. The van der Waals surface area contributed by atoms with Gasteiger partial charge in [-0.25, -0.2) is 9.59 Å². The quantitative estimate of drug-likeness (QED) is 0.00811. The normalized spacial score (nSPS) is 10.5. The summed E-state index contributed by atoms with van der Waals surface area (Å²) in [7, 11) is 13.5. The van der Waals surface area contributed by atoms with Gasteiger partial charge < -0.3 is 51.4 Å². The molecule has 10 rings (SSSR count). The summed E-state index contributed by atoms with van der Waals surface area (Å²) >= 11 is 109. The summed E-state index contributed by atoms with van der Waals surface area (Å²) in [5, 5.41) is 60.0. The number of aromatic hydroxyl groups is 1. The summed E-state index contributed by atoms with van der Waals surface area (Å²) in [6.45, 7) is 8.14. The number of halogens is 16. The fourth-order valence-corrected chi connectivity index (χ4v) is 14.2. The maximum Gasteiger partial charge on any atom is 0.346 e. The van der Waals surface area contributed by atoms with Crippen molar-refractivity contribution in [3.63, 3.8) is 0 Å². The van der Waals surface area contributed by atoms with Crippen molar-refractivity contribution < 1.29 is 48.5 Å². The first kappa shape index (κ1) is 109. The van der Waals surface area contributed by atoms with Crippen molar-refractivity contribution in [1.82, 2.24) is 40.0 Å². The number of nitrogens with two attached hydrogens (primary N) is 3. The second kappa shape index (κ2) is 52.4. The largest absolute Gasteiger partial charge is 0.505 e. The Morgan fingerprint density at radius 1 is 0.479 bits per heavy atom. The molecule has 0 aliphatic carbocycles. The number of cyclic esters (lactones) is 2. The molecule has 2 amide bonds. The summed E-state index contributed by atoms with van der Waals surface area (Å²) in [6.07, 6.45) is 0. The minimum absolute atomic E-state index is 0.0356. The zero-order valence-corrected chi connectivity index (χ0v) is 80.2. The van der Waals surface area contributed by atoms with Crippen LogP contribution in [0.2, 0.25) is 75.7 Å². The van der Waals surface area contributed by atoms with Crippen molar-refractivity contribution in [2.45, 2.75) is 64.1 Å². The number of ether oxygens (including phenoxy) is 2. The minimum atomic E-state index is -0.642. The molecule has 0 saturated carbocycles. The van der Waals surface area contributed by atoms with Gasteiger partial charge in [-0.05, 0) is 132 Å². The molecule has 7 N–H and O–H groups in total. The number of nitro benzene ring substituents is 3. The molecule has 1 aliphatic heterocycles. The fraction of sp³-hybridized carbons (Fsp3) is 0.200. The van der Waals surface area contributed by atoms with Crippen molar-refractivity contribution in [2.24, 2.45) is 0 Å². The molecule has 0 bridgehead atoms. The van der Waals surface area contributed by atoms with E-state index >= 15 is 0 Å². The molecular formula is C70H64Cl16N14O13S6. The molecule has 0 saturated heterocycles. The van der Waals surface area contributed by atoms with Crippen LogP contribution in [0.3, 0.4) is 0 Å². The lowest BCUT2D eigenvalue weighted by molar-refractivity contribution is -0.385. The Hall–Kier alpha value is -6.20. The molecule has 3 heterocycles. The molecule has 0 spiro atoms. The van der Waals surface area contributed by atoms with E-state index in [9.17, 15) is 49.5 Å². The number of esters is 2. The summed E-state index contributed by atoms with van der Waals surface area (Å²) in [5.41, 5.74) is 20.1. The van der Waals surface area contributed by atoms with Crippen molar-refractivity contribution in [3.05, 3.63) is 238 Å². The summed E-state index contributed by atoms with van der Waals surface area (Å²) in [4.78, 5) is 82.2. The smallest absolute Gasteiger partial charge is 0.346 e. The van der Waals surface area contributed by atoms with Crippen molar-refractivity contribution in [1.29, 1.82) is 0 Å². The molecule has 0 radical (unpaired) electrons. The Balaban J connectivity index is 0.000000460. The number of thioether (sulfide) groups is 2. The van der Waals surface area contributed by atoms with E-state index < -0.39 is 26.7 Å². The van der Waals surface area contributed by atoms with Gasteiger partial charge in [-0.15, -0.1) is 33.0 Å². The molecule has 7 aromatic carbocycles. The van der Waals surface area contributed by atoms with Gasteiger partial charge in [0.1, 0.15) is 5.03 Å². The number of nitro groups is 3. The van der Waals surface area contributed by atoms with E-state index in [1.807, 2.05) is 33.8 Å². The highest BCUT2D eigenvalue weighted by Gasteiger charge is 2.29. The number of nitrogens with zero attached hydrogens (tertiary/aromatic N) is 11. The Bertz CT molecular complexity index is 4960. The van der Waals surface area contributed by atoms with Crippen LogP contribution >= 0.6 is 258 Å². The van der Waals surface area contributed by atoms with E-state index in [4.69, 9.17) is 225 Å². The first-order valence-electron chi connectivity index (χ1n) is 31.9. The predicted molar refractivity (Wildman–Crippen MR) is 497 cm³/mol. The lowest BCUT2D eigenvalue weighted by Crippen LogP contribution is -2.25. The monoisotopic (exact) mass is 2060 g/mol. The number of phenolic OH excluding ortho intramolecular Hbond substituents is 1. The van der Waals surface area contributed by atoms with Crippen LogP contribution in [0.5, 0.6) is 11.5 Å². The molecule has 0 unspecified atom stereocenters. The number of carbonyl (C=O) groups is 4. The number of anilines is 3. The van der Waals surface area contributed by atoms with Gasteiger partial charge >= 0.3 is 11.9 Å². The zero-order chi connectivity index (χ0) is 91.2. The first-order valence-corrected chi connectivity index (χ1v) is 41.7. The molecule has 119 heavy (non-hydrogen) atoms. The second-order valence-electron chi connectivity index (χ2n) is 23.9. The summed E-state index contributed by atoms with van der Waals surface area (Å²) in [6, 6.07) is 26.5. The molecule has 0 atom stereocenters. The van der Waals surface area contributed by atoms with Crippen molar-refractivity contribution in [2.75, 3.05) is 73.6 Å². The van der Waals surface area contributed by atoms with E-state index in [0.717, 1.165) is 58.9 Å². The van der Waals surface area contributed by atoms with Crippen LogP contribution in [0.4, 0.5) is 43.7 Å². The minimum Gasteiger partial charge on any atom is -0.505 e. The number of phenols is 1. The van der Waals surface area contributed by atoms with Gasteiger partial charge in [0.2, 0.25) is 0 Å². The summed E-state index contributed by atoms with van der Waals surface area (Å²) < 4.78 is 9.99. The number of fused-ring (bicyclic) bond motifs is 1. The average molecular weight is 2070 g/mol. The molecule has 49 heteroatoms. The number of amides is 2. The van der Waals surface area contributed by atoms with Gasteiger partial charge in [-0.1, -0.05) is 237 Å². The lowest BCUT2D eigenvalue weighted by atomic mass is 10.1. The number of hydrogen-bond donors (Lipinski definition) is 5. The Morgan fingerprint density at radius 2 is 0.790 bits per heavy atom. The van der Waals surface area contributed by atoms with Crippen LogP contribution in [0.1, 0.15) is 71.4 Å². The number of hydrogen-bond acceptors (Lipinski definition) is 26. The van der Waals surface area contributed by atoms with E-state index in [1.165, 1.54) is 33.7 Å². The highest BCUT2D eigenvalue weighted by atomic mass is 35.5. The third-order valence-corrected chi connectivity index (χ3v) is 23.5. The van der Waals surface area contributed by atoms with Crippen LogP contribution < -0.4 is 21.9 Å². The van der Waals surface area contributed by atoms with Gasteiger partial charge in [-0.3, -0.25) is 39.9 Å². The average Bonchev–Trinajstić information content (AvgIpc) is 1.79. The number of nitrogen functional groups attached to an aromatic ring is 3. The Labute approximate surface area is 791 Å². The van der Waals surface area contributed by atoms with Gasteiger partial charge in [0, 0.05) is 115 Å². The van der Waals surface area contributed by atoms with Crippen LogP contribution in [0, 0.1) is 30.3 Å². The highest BCUT2D eigenvalue weighted by molar-refractivity contribution is 8.14. The van der Waals surface area contributed by atoms with Gasteiger partial charge in [0.15, 0.2) is 31.4 Å². The molecule has 0 fully saturated rings. The number of thiol groups is 1. The topological polar surface area (TPSA) is 379 Å². The number of aromatic nitrogens is 4. The number of rotatable bonds is 10. The Morgan fingerprint density at radius 3 is 1.11 bits per heavy atom. The Kier molecular flexibility index (Phi) is 48.0. The zero-order valence-electron chi connectivity index (χ0n) is 63.1. The van der Waals surface area contributed by atoms with Crippen LogP contribution in [0.25, 0.3) is 0 Å². The summed E-state index contributed by atoms with van der Waals surface area (Å²) in [5.74, 6) is -0.747. The number of benzene rings is 7. The van der Waals surface area contributed by atoms with Crippen LogP contribution in [-0.2, 0) is 4.74 Å². The molecule has 9 aromatic rings. The van der Waals surface area contributed by atoms with Gasteiger partial charge in [0.25, 0.3) is 32.7 Å². The van der Waals surface area contributed by atoms with Gasteiger partial charge in [-0.2, -0.15) is 0 Å². The molecule has 1 aliphatic rings. The SMILES string of the molecule is CC(C)c1cc(Cl)nnc1Cl.CC(C)c1cc(Sc2c(Cl)cc(N)cc2Cl)nnc1Cl.CN(C)C(=O)Sc1c(Cl)cc(N)cc1Cl.CN(C)C(=O)Sc1c(Cl)cc([N+](=O)[O-])cc1Cl.CN(C)C(=S)Cl.CN(C)C(=S)Oc1c(Cl)cc([N+](=O)[O-])cc1Cl.Nc1cc(Cl)c(S)c(Cl)c1.O=C1OC(=O)c2ccccc21.O=[N+]([O-])c1cc(Cl)c(O)c(Cl)c1. The van der Waals surface area contributed by atoms with E-state index in [2.05, 4.69) is 50.0 Å².